The molecule has 1 aliphatic rings. The van der Waals surface area contributed by atoms with Crippen molar-refractivity contribution < 1.29 is 9.53 Å². The predicted molar refractivity (Wildman–Crippen MR) is 84.5 cm³/mol. The van der Waals surface area contributed by atoms with Gasteiger partial charge in [0.25, 0.3) is 0 Å². The molecule has 0 bridgehead atoms. The number of nitrogens with zero attached hydrogens (tertiary/aromatic N) is 1. The molecule has 1 aromatic rings. The quantitative estimate of drug-likeness (QED) is 0.741. The first-order valence-corrected chi connectivity index (χ1v) is 7.75. The van der Waals surface area contributed by atoms with E-state index in [2.05, 4.69) is 40.8 Å². The van der Waals surface area contributed by atoms with Crippen molar-refractivity contribution in [3.63, 3.8) is 0 Å². The van der Waals surface area contributed by atoms with Gasteiger partial charge in [0.2, 0.25) is 5.91 Å². The van der Waals surface area contributed by atoms with E-state index < -0.39 is 0 Å². The number of rotatable bonds is 5. The zero-order valence-corrected chi connectivity index (χ0v) is 13.8. The van der Waals surface area contributed by atoms with Gasteiger partial charge in [-0.1, -0.05) is 13.0 Å². The zero-order chi connectivity index (χ0) is 14.0. The Morgan fingerprint density at radius 1 is 1.53 bits per heavy atom. The summed E-state index contributed by atoms with van der Waals surface area (Å²) in [5, 5.41) is 0. The van der Waals surface area contributed by atoms with Crippen LogP contribution in [0.25, 0.3) is 0 Å². The summed E-state index contributed by atoms with van der Waals surface area (Å²) in [5.41, 5.74) is 1.28. The Morgan fingerprint density at radius 2 is 2.26 bits per heavy atom. The van der Waals surface area contributed by atoms with Gasteiger partial charge < -0.3 is 9.64 Å². The highest BCUT2D eigenvalue weighted by atomic mass is 127. The van der Waals surface area contributed by atoms with Gasteiger partial charge in [-0.15, -0.1) is 0 Å². The lowest BCUT2D eigenvalue weighted by Gasteiger charge is -2.17. The first-order chi connectivity index (χ1) is 9.08. The van der Waals surface area contributed by atoms with E-state index in [0.717, 1.165) is 22.2 Å². The van der Waals surface area contributed by atoms with E-state index in [9.17, 15) is 4.79 Å². The largest absolute Gasteiger partial charge is 0.496 e. The molecule has 0 saturated heterocycles. The van der Waals surface area contributed by atoms with Crippen molar-refractivity contribution in [1.82, 2.24) is 4.90 Å². The van der Waals surface area contributed by atoms with Gasteiger partial charge in [0.1, 0.15) is 5.75 Å². The number of benzene rings is 1. The first kappa shape index (κ1) is 14.6. The molecule has 0 N–H and O–H groups in total. The van der Waals surface area contributed by atoms with Crippen LogP contribution in [0.15, 0.2) is 18.2 Å². The Labute approximate surface area is 128 Å². The minimum atomic E-state index is 0.257. The van der Waals surface area contributed by atoms with Gasteiger partial charge >= 0.3 is 0 Å². The number of ether oxygens (including phenoxy) is 1. The summed E-state index contributed by atoms with van der Waals surface area (Å²) in [6.45, 7) is 2.04. The SMILES string of the molecule is CCCC(=O)N(C)[C@@H]1C[C@H]1c1ccc(I)c(OC)c1. The van der Waals surface area contributed by atoms with Gasteiger partial charge in [-0.3, -0.25) is 4.79 Å². The minimum absolute atomic E-state index is 0.257. The highest BCUT2D eigenvalue weighted by molar-refractivity contribution is 14.1. The molecule has 1 aliphatic carbocycles. The molecule has 1 aromatic carbocycles. The van der Waals surface area contributed by atoms with Crippen LogP contribution in [0.2, 0.25) is 0 Å². The van der Waals surface area contributed by atoms with Crippen LogP contribution in [-0.4, -0.2) is 31.0 Å². The molecule has 0 heterocycles. The first-order valence-electron chi connectivity index (χ1n) is 6.67. The van der Waals surface area contributed by atoms with Gasteiger partial charge in [-0.2, -0.15) is 0 Å². The molecule has 0 spiro atoms. The maximum absolute atomic E-state index is 11.9. The summed E-state index contributed by atoms with van der Waals surface area (Å²) in [4.78, 5) is 13.8. The summed E-state index contributed by atoms with van der Waals surface area (Å²) in [7, 11) is 3.62. The number of carbonyl (C=O) groups excluding carboxylic acids is 1. The average Bonchev–Trinajstić information content (AvgIpc) is 3.19. The lowest BCUT2D eigenvalue weighted by molar-refractivity contribution is -0.130. The van der Waals surface area contributed by atoms with Gasteiger partial charge in [0.15, 0.2) is 0 Å². The second-order valence-corrected chi connectivity index (χ2v) is 6.22. The van der Waals surface area contributed by atoms with Gasteiger partial charge in [-0.05, 0) is 53.1 Å². The van der Waals surface area contributed by atoms with Gasteiger partial charge in [0.05, 0.1) is 10.7 Å². The van der Waals surface area contributed by atoms with E-state index in [1.807, 2.05) is 18.9 Å². The monoisotopic (exact) mass is 373 g/mol. The van der Waals surface area contributed by atoms with Crippen LogP contribution in [0, 0.1) is 3.57 Å². The van der Waals surface area contributed by atoms with E-state index in [4.69, 9.17) is 4.74 Å². The molecule has 3 nitrogen and oxygen atoms in total. The molecule has 0 radical (unpaired) electrons. The Hall–Kier alpha value is -0.780. The number of hydrogen-bond acceptors (Lipinski definition) is 2. The van der Waals surface area contributed by atoms with Gasteiger partial charge in [0, 0.05) is 25.4 Å². The van der Waals surface area contributed by atoms with E-state index in [0.29, 0.717) is 18.4 Å². The summed E-state index contributed by atoms with van der Waals surface area (Å²) in [5.74, 6) is 1.65. The number of likely N-dealkylation sites (N-methyl/N-ethyl adjacent to an activating group) is 1. The molecular formula is C15H20INO2. The van der Waals surface area contributed by atoms with Gasteiger partial charge in [-0.25, -0.2) is 0 Å². The molecule has 2 atom stereocenters. The number of methoxy groups -OCH3 is 1. The fourth-order valence-corrected chi connectivity index (χ4v) is 3.01. The lowest BCUT2D eigenvalue weighted by Crippen LogP contribution is -2.29. The Kier molecular flexibility index (Phi) is 4.71. The zero-order valence-electron chi connectivity index (χ0n) is 11.6. The molecular weight excluding hydrogens is 353 g/mol. The predicted octanol–water partition coefficient (Wildman–Crippen LogP) is 3.41. The lowest BCUT2D eigenvalue weighted by atomic mass is 10.1. The topological polar surface area (TPSA) is 29.5 Å². The van der Waals surface area contributed by atoms with E-state index in [1.165, 1.54) is 5.56 Å². The summed E-state index contributed by atoms with van der Waals surface area (Å²) >= 11 is 2.27. The second-order valence-electron chi connectivity index (χ2n) is 5.06. The molecule has 2 rings (SSSR count). The molecule has 0 unspecified atom stereocenters. The van der Waals surface area contributed by atoms with Crippen molar-refractivity contribution in [2.45, 2.75) is 38.1 Å². The fourth-order valence-electron chi connectivity index (χ4n) is 2.45. The number of amides is 1. The molecule has 4 heteroatoms. The normalized spacial score (nSPS) is 21.1. The molecule has 0 aromatic heterocycles. The van der Waals surface area contributed by atoms with E-state index in [1.54, 1.807) is 7.11 Å². The standard InChI is InChI=1S/C15H20INO2/c1-4-5-15(18)17(2)13-9-11(13)10-6-7-12(16)14(8-10)19-3/h6-8,11,13H,4-5,9H2,1-3H3/t11-,13+/m0/s1. The van der Waals surface area contributed by atoms with Crippen LogP contribution in [0.1, 0.15) is 37.7 Å². The summed E-state index contributed by atoms with van der Waals surface area (Å²) in [6.07, 6.45) is 2.63. The fraction of sp³-hybridized carbons (Fsp3) is 0.533. The highest BCUT2D eigenvalue weighted by Gasteiger charge is 2.43. The average molecular weight is 373 g/mol. The Balaban J connectivity index is 2.04. The number of hydrogen-bond donors (Lipinski definition) is 0. The third kappa shape index (κ3) is 3.22. The van der Waals surface area contributed by atoms with Crippen LogP contribution >= 0.6 is 22.6 Å². The molecule has 1 amide bonds. The number of carbonyl (C=O) groups is 1. The van der Waals surface area contributed by atoms with Crippen molar-refractivity contribution in [1.29, 1.82) is 0 Å². The molecule has 19 heavy (non-hydrogen) atoms. The summed E-state index contributed by atoms with van der Waals surface area (Å²) in [6, 6.07) is 6.69. The third-order valence-corrected chi connectivity index (χ3v) is 4.61. The third-order valence-electron chi connectivity index (χ3n) is 3.71. The number of halogens is 1. The van der Waals surface area contributed by atoms with Crippen LogP contribution in [0.5, 0.6) is 5.75 Å². The molecule has 1 fully saturated rings. The van der Waals surface area contributed by atoms with Crippen molar-refractivity contribution in [2.75, 3.05) is 14.2 Å². The van der Waals surface area contributed by atoms with Crippen LogP contribution in [0.4, 0.5) is 0 Å². The second kappa shape index (κ2) is 6.11. The van der Waals surface area contributed by atoms with Crippen LogP contribution in [0.3, 0.4) is 0 Å². The minimum Gasteiger partial charge on any atom is -0.496 e. The Morgan fingerprint density at radius 3 is 2.89 bits per heavy atom. The van der Waals surface area contributed by atoms with Crippen LogP contribution in [-0.2, 0) is 4.79 Å². The maximum atomic E-state index is 11.9. The summed E-state index contributed by atoms with van der Waals surface area (Å²) < 4.78 is 6.48. The van der Waals surface area contributed by atoms with Crippen molar-refractivity contribution >= 4 is 28.5 Å². The van der Waals surface area contributed by atoms with Crippen molar-refractivity contribution in [3.8, 4) is 5.75 Å². The molecule has 104 valence electrons. The van der Waals surface area contributed by atoms with E-state index >= 15 is 0 Å². The van der Waals surface area contributed by atoms with Crippen molar-refractivity contribution in [3.05, 3.63) is 27.3 Å². The Bertz CT molecular complexity index is 475. The van der Waals surface area contributed by atoms with Crippen molar-refractivity contribution in [2.24, 2.45) is 0 Å². The molecule has 0 aliphatic heterocycles. The molecule has 1 saturated carbocycles. The maximum Gasteiger partial charge on any atom is 0.222 e. The smallest absolute Gasteiger partial charge is 0.222 e. The highest BCUT2D eigenvalue weighted by Crippen LogP contribution is 2.45. The van der Waals surface area contributed by atoms with Crippen LogP contribution < -0.4 is 4.74 Å². The van der Waals surface area contributed by atoms with E-state index in [-0.39, 0.29) is 5.91 Å².